The lowest BCUT2D eigenvalue weighted by molar-refractivity contribution is -0.137. The molecule has 6 nitrogen and oxygen atoms in total. The molecule has 0 aliphatic carbocycles. The Bertz CT molecular complexity index is 431. The number of nitrogens with one attached hydrogen (secondary N) is 2. The lowest BCUT2D eigenvalue weighted by atomic mass is 10.1. The van der Waals surface area contributed by atoms with Gasteiger partial charge in [-0.3, -0.25) is 4.79 Å². The molecule has 0 fully saturated rings. The van der Waals surface area contributed by atoms with Crippen molar-refractivity contribution < 1.29 is 19.1 Å². The molecule has 0 aromatic carbocycles. The van der Waals surface area contributed by atoms with E-state index in [0.29, 0.717) is 6.42 Å². The summed E-state index contributed by atoms with van der Waals surface area (Å²) >= 11 is 0. The van der Waals surface area contributed by atoms with Crippen LogP contribution in [0.3, 0.4) is 0 Å². The average molecular weight is 296 g/mol. The molecule has 1 aromatic heterocycles. The number of aryl methyl sites for hydroxylation is 1. The first-order valence-corrected chi connectivity index (χ1v) is 7.32. The number of hydrogen-bond acceptors (Lipinski definition) is 3. The third-order valence-corrected chi connectivity index (χ3v) is 3.17. The minimum Gasteiger partial charge on any atom is -0.481 e. The van der Waals surface area contributed by atoms with Gasteiger partial charge in [0.25, 0.3) is 0 Å². The number of carbonyl (C=O) groups excluding carboxylic acids is 1. The summed E-state index contributed by atoms with van der Waals surface area (Å²) in [5.74, 6) is -0.0154. The maximum Gasteiger partial charge on any atom is 0.315 e. The Hall–Kier alpha value is -1.98. The number of furan rings is 1. The predicted molar refractivity (Wildman–Crippen MR) is 79.1 cm³/mol. The van der Waals surface area contributed by atoms with Crippen LogP contribution in [0, 0.1) is 0 Å². The molecular formula is C15H24N2O4. The maximum atomic E-state index is 11.8. The van der Waals surface area contributed by atoms with Gasteiger partial charge in [-0.25, -0.2) is 4.79 Å². The van der Waals surface area contributed by atoms with Crippen LogP contribution in [-0.2, 0) is 11.2 Å². The van der Waals surface area contributed by atoms with Crippen molar-refractivity contribution in [3.8, 4) is 0 Å². The van der Waals surface area contributed by atoms with Gasteiger partial charge in [0.05, 0.1) is 12.7 Å². The minimum atomic E-state index is -0.903. The van der Waals surface area contributed by atoms with Gasteiger partial charge in [0.2, 0.25) is 0 Å². The van der Waals surface area contributed by atoms with Gasteiger partial charge in [-0.05, 0) is 31.9 Å². The molecule has 2 unspecified atom stereocenters. The zero-order chi connectivity index (χ0) is 15.7. The van der Waals surface area contributed by atoms with Crippen LogP contribution in [0.15, 0.2) is 22.8 Å². The summed E-state index contributed by atoms with van der Waals surface area (Å²) in [6.45, 7) is 3.87. The maximum absolute atomic E-state index is 11.8. The quantitative estimate of drug-likeness (QED) is 0.653. The molecule has 0 bridgehead atoms. The molecule has 0 aliphatic heterocycles. The standard InChI is InChI=1S/C15H24N2O4/c1-3-5-12(10-14(18)19)17-15(20)16-11(2)7-8-13-6-4-9-21-13/h4,6,9,11-12H,3,5,7-8,10H2,1-2H3,(H,18,19)(H2,16,17,20). The lowest BCUT2D eigenvalue weighted by Crippen LogP contribution is -2.46. The largest absolute Gasteiger partial charge is 0.481 e. The van der Waals surface area contributed by atoms with Crippen LogP contribution >= 0.6 is 0 Å². The zero-order valence-corrected chi connectivity index (χ0v) is 12.6. The molecule has 0 spiro atoms. The van der Waals surface area contributed by atoms with Crippen molar-refractivity contribution >= 4 is 12.0 Å². The van der Waals surface area contributed by atoms with Crippen molar-refractivity contribution in [3.05, 3.63) is 24.2 Å². The Morgan fingerprint density at radius 3 is 2.67 bits per heavy atom. The fourth-order valence-corrected chi connectivity index (χ4v) is 2.12. The van der Waals surface area contributed by atoms with E-state index < -0.39 is 5.97 Å². The Morgan fingerprint density at radius 1 is 1.33 bits per heavy atom. The number of carboxylic acids is 1. The molecule has 0 saturated carbocycles. The normalized spacial score (nSPS) is 13.4. The zero-order valence-electron chi connectivity index (χ0n) is 12.6. The minimum absolute atomic E-state index is 0.0118. The second-order valence-electron chi connectivity index (χ2n) is 5.22. The Kier molecular flexibility index (Phi) is 7.36. The van der Waals surface area contributed by atoms with Gasteiger partial charge < -0.3 is 20.2 Å². The van der Waals surface area contributed by atoms with Crippen LogP contribution in [0.25, 0.3) is 0 Å². The molecule has 1 rings (SSSR count). The van der Waals surface area contributed by atoms with Gasteiger partial charge in [-0.2, -0.15) is 0 Å². The molecule has 3 N–H and O–H groups in total. The molecule has 1 heterocycles. The van der Waals surface area contributed by atoms with E-state index in [0.717, 1.165) is 25.0 Å². The smallest absolute Gasteiger partial charge is 0.315 e. The van der Waals surface area contributed by atoms with E-state index in [-0.39, 0.29) is 24.5 Å². The molecule has 0 saturated heterocycles. The van der Waals surface area contributed by atoms with Crippen molar-refractivity contribution in [2.75, 3.05) is 0 Å². The van der Waals surface area contributed by atoms with Gasteiger partial charge in [-0.15, -0.1) is 0 Å². The molecule has 2 amide bonds. The summed E-state index contributed by atoms with van der Waals surface area (Å²) < 4.78 is 5.24. The number of hydrogen-bond donors (Lipinski definition) is 3. The number of urea groups is 1. The molecular weight excluding hydrogens is 272 g/mol. The first-order chi connectivity index (χ1) is 10.0. The number of rotatable bonds is 9. The molecule has 118 valence electrons. The highest BCUT2D eigenvalue weighted by atomic mass is 16.4. The van der Waals surface area contributed by atoms with Crippen LogP contribution in [0.1, 0.15) is 45.3 Å². The Balaban J connectivity index is 2.31. The van der Waals surface area contributed by atoms with Gasteiger partial charge in [0, 0.05) is 18.5 Å². The highest BCUT2D eigenvalue weighted by Crippen LogP contribution is 2.06. The van der Waals surface area contributed by atoms with E-state index in [2.05, 4.69) is 10.6 Å². The van der Waals surface area contributed by atoms with Crippen molar-refractivity contribution in [3.63, 3.8) is 0 Å². The highest BCUT2D eigenvalue weighted by Gasteiger charge is 2.16. The third kappa shape index (κ3) is 7.39. The van der Waals surface area contributed by atoms with Crippen molar-refractivity contribution in [1.29, 1.82) is 0 Å². The first kappa shape index (κ1) is 17.1. The Labute approximate surface area is 124 Å². The fraction of sp³-hybridized carbons (Fsp3) is 0.600. The molecule has 2 atom stereocenters. The lowest BCUT2D eigenvalue weighted by Gasteiger charge is -2.19. The average Bonchev–Trinajstić information content (AvgIpc) is 2.88. The van der Waals surface area contributed by atoms with Crippen molar-refractivity contribution in [2.24, 2.45) is 0 Å². The van der Waals surface area contributed by atoms with Crippen molar-refractivity contribution in [1.82, 2.24) is 10.6 Å². The van der Waals surface area contributed by atoms with Crippen LogP contribution in [0.5, 0.6) is 0 Å². The SMILES string of the molecule is CCCC(CC(=O)O)NC(=O)NC(C)CCc1ccco1. The van der Waals surface area contributed by atoms with E-state index in [9.17, 15) is 9.59 Å². The van der Waals surface area contributed by atoms with E-state index >= 15 is 0 Å². The summed E-state index contributed by atoms with van der Waals surface area (Å²) in [7, 11) is 0. The van der Waals surface area contributed by atoms with Gasteiger partial charge in [-0.1, -0.05) is 13.3 Å². The summed E-state index contributed by atoms with van der Waals surface area (Å²) in [4.78, 5) is 22.6. The van der Waals surface area contributed by atoms with Crippen LogP contribution in [0.2, 0.25) is 0 Å². The van der Waals surface area contributed by atoms with Gasteiger partial charge in [0.1, 0.15) is 5.76 Å². The molecule has 0 aliphatic rings. The third-order valence-electron chi connectivity index (χ3n) is 3.17. The summed E-state index contributed by atoms with van der Waals surface area (Å²) in [6, 6.07) is 3.08. The van der Waals surface area contributed by atoms with E-state index in [1.807, 2.05) is 26.0 Å². The van der Waals surface area contributed by atoms with Gasteiger partial charge >= 0.3 is 12.0 Å². The summed E-state index contributed by atoms with van der Waals surface area (Å²) in [5.41, 5.74) is 0. The van der Waals surface area contributed by atoms with Crippen molar-refractivity contribution in [2.45, 2.75) is 58.0 Å². The summed E-state index contributed by atoms with van der Waals surface area (Å²) in [5, 5.41) is 14.4. The Morgan fingerprint density at radius 2 is 2.10 bits per heavy atom. The van der Waals surface area contributed by atoms with E-state index in [1.54, 1.807) is 6.26 Å². The van der Waals surface area contributed by atoms with E-state index in [1.165, 1.54) is 0 Å². The predicted octanol–water partition coefficient (Wildman–Crippen LogP) is 2.54. The van der Waals surface area contributed by atoms with Gasteiger partial charge in [0.15, 0.2) is 0 Å². The second-order valence-corrected chi connectivity index (χ2v) is 5.22. The van der Waals surface area contributed by atoms with Crippen LogP contribution in [-0.4, -0.2) is 29.2 Å². The number of amides is 2. The molecule has 21 heavy (non-hydrogen) atoms. The number of carboxylic acid groups (broad SMARTS) is 1. The molecule has 6 heteroatoms. The van der Waals surface area contributed by atoms with Crippen LogP contribution in [0.4, 0.5) is 4.79 Å². The number of aliphatic carboxylic acids is 1. The van der Waals surface area contributed by atoms with Crippen LogP contribution < -0.4 is 10.6 Å². The monoisotopic (exact) mass is 296 g/mol. The molecule has 0 radical (unpaired) electrons. The second kappa shape index (κ2) is 9.05. The molecule has 1 aromatic rings. The number of carbonyl (C=O) groups is 2. The van der Waals surface area contributed by atoms with E-state index in [4.69, 9.17) is 9.52 Å². The topological polar surface area (TPSA) is 91.6 Å². The summed E-state index contributed by atoms with van der Waals surface area (Å²) in [6.07, 6.45) is 4.57. The fourth-order valence-electron chi connectivity index (χ4n) is 2.12. The first-order valence-electron chi connectivity index (χ1n) is 7.32. The highest BCUT2D eigenvalue weighted by molar-refractivity contribution is 5.75.